The van der Waals surface area contributed by atoms with Gasteiger partial charge in [0.15, 0.2) is 0 Å². The van der Waals surface area contributed by atoms with E-state index in [1.54, 1.807) is 11.8 Å². The molecule has 3 nitrogen and oxygen atoms in total. The van der Waals surface area contributed by atoms with E-state index in [2.05, 4.69) is 4.72 Å². The molecule has 0 aromatic rings. The number of alkyl halides is 1. The third-order valence-corrected chi connectivity index (χ3v) is 4.28. The van der Waals surface area contributed by atoms with Crippen LogP contribution in [0, 0.1) is 0 Å². The summed E-state index contributed by atoms with van der Waals surface area (Å²) in [5.74, 6) is 1.33. The standard InChI is InChI=1S/C8H18ClNO2S2/c1-3-8(7-13-2)10-14(11,12)6-4-5-9/h8,10H,3-7H2,1-2H3. The fourth-order valence-electron chi connectivity index (χ4n) is 0.994. The first-order valence-electron chi connectivity index (χ1n) is 4.60. The third-order valence-electron chi connectivity index (χ3n) is 1.75. The van der Waals surface area contributed by atoms with Gasteiger partial charge in [-0.05, 0) is 19.1 Å². The summed E-state index contributed by atoms with van der Waals surface area (Å²) in [6, 6.07) is 0.0466. The van der Waals surface area contributed by atoms with Crippen molar-refractivity contribution in [2.24, 2.45) is 0 Å². The molecule has 0 aliphatic heterocycles. The lowest BCUT2D eigenvalue weighted by atomic mass is 10.3. The normalized spacial score (nSPS) is 14.2. The second-order valence-corrected chi connectivity index (χ2v) is 6.20. The van der Waals surface area contributed by atoms with E-state index < -0.39 is 10.0 Å². The van der Waals surface area contributed by atoms with Crippen molar-refractivity contribution in [2.75, 3.05) is 23.6 Å². The molecule has 0 heterocycles. The van der Waals surface area contributed by atoms with E-state index in [4.69, 9.17) is 11.6 Å². The van der Waals surface area contributed by atoms with Crippen molar-refractivity contribution in [3.05, 3.63) is 0 Å². The maximum absolute atomic E-state index is 11.5. The summed E-state index contributed by atoms with van der Waals surface area (Å²) < 4.78 is 25.6. The van der Waals surface area contributed by atoms with Crippen LogP contribution < -0.4 is 4.72 Å². The van der Waals surface area contributed by atoms with Gasteiger partial charge in [-0.25, -0.2) is 13.1 Å². The molecule has 86 valence electrons. The van der Waals surface area contributed by atoms with E-state index in [1.165, 1.54) is 0 Å². The zero-order valence-corrected chi connectivity index (χ0v) is 11.0. The fourth-order valence-corrected chi connectivity index (χ4v) is 3.51. The van der Waals surface area contributed by atoms with E-state index in [0.717, 1.165) is 12.2 Å². The van der Waals surface area contributed by atoms with Crippen molar-refractivity contribution >= 4 is 33.4 Å². The number of sulfonamides is 1. The van der Waals surface area contributed by atoms with Gasteiger partial charge in [-0.3, -0.25) is 0 Å². The molecule has 0 saturated heterocycles. The Balaban J connectivity index is 4.04. The first-order chi connectivity index (χ1) is 6.55. The Morgan fingerprint density at radius 2 is 2.14 bits per heavy atom. The van der Waals surface area contributed by atoms with Crippen molar-refractivity contribution in [1.29, 1.82) is 0 Å². The SMILES string of the molecule is CCC(CSC)NS(=O)(=O)CCCCl. The zero-order valence-electron chi connectivity index (χ0n) is 8.62. The van der Waals surface area contributed by atoms with Crippen LogP contribution >= 0.6 is 23.4 Å². The van der Waals surface area contributed by atoms with Gasteiger partial charge in [0.05, 0.1) is 5.75 Å². The van der Waals surface area contributed by atoms with E-state index in [9.17, 15) is 8.42 Å². The Bertz CT molecular complexity index is 231. The number of halogens is 1. The van der Waals surface area contributed by atoms with E-state index in [1.807, 2.05) is 13.2 Å². The molecule has 1 atom stereocenters. The van der Waals surface area contributed by atoms with Gasteiger partial charge in [0.1, 0.15) is 0 Å². The molecule has 0 aromatic heterocycles. The molecular weight excluding hydrogens is 242 g/mol. The Morgan fingerprint density at radius 3 is 2.57 bits per heavy atom. The minimum absolute atomic E-state index is 0.0466. The highest BCUT2D eigenvalue weighted by Gasteiger charge is 2.15. The van der Waals surface area contributed by atoms with Gasteiger partial charge in [0.2, 0.25) is 10.0 Å². The third kappa shape index (κ3) is 6.92. The highest BCUT2D eigenvalue weighted by Crippen LogP contribution is 2.03. The van der Waals surface area contributed by atoms with Crippen molar-refractivity contribution in [3.8, 4) is 0 Å². The minimum Gasteiger partial charge on any atom is -0.212 e. The molecular formula is C8H18ClNO2S2. The van der Waals surface area contributed by atoms with Crippen molar-refractivity contribution in [2.45, 2.75) is 25.8 Å². The van der Waals surface area contributed by atoms with Crippen molar-refractivity contribution < 1.29 is 8.42 Å². The molecule has 1 unspecified atom stereocenters. The molecule has 0 fully saturated rings. The van der Waals surface area contributed by atoms with Crippen molar-refractivity contribution in [1.82, 2.24) is 4.72 Å². The van der Waals surface area contributed by atoms with E-state index in [0.29, 0.717) is 12.3 Å². The number of thioether (sulfide) groups is 1. The highest BCUT2D eigenvalue weighted by molar-refractivity contribution is 7.98. The van der Waals surface area contributed by atoms with Gasteiger partial charge >= 0.3 is 0 Å². The minimum atomic E-state index is -3.13. The van der Waals surface area contributed by atoms with Gasteiger partial charge in [-0.2, -0.15) is 11.8 Å². The predicted octanol–water partition coefficient (Wildman–Crippen LogP) is 1.68. The van der Waals surface area contributed by atoms with Crippen LogP contribution in [0.1, 0.15) is 19.8 Å². The fraction of sp³-hybridized carbons (Fsp3) is 1.00. The summed E-state index contributed by atoms with van der Waals surface area (Å²) in [4.78, 5) is 0. The molecule has 1 N–H and O–H groups in total. The number of rotatable bonds is 8. The highest BCUT2D eigenvalue weighted by atomic mass is 35.5. The second-order valence-electron chi connectivity index (χ2n) is 3.04. The molecule has 0 aromatic carbocycles. The first kappa shape index (κ1) is 14.6. The van der Waals surface area contributed by atoms with Crippen LogP contribution in [0.25, 0.3) is 0 Å². The van der Waals surface area contributed by atoms with Crippen LogP contribution in [0.5, 0.6) is 0 Å². The lowest BCUT2D eigenvalue weighted by Gasteiger charge is -2.15. The molecule has 14 heavy (non-hydrogen) atoms. The molecule has 0 radical (unpaired) electrons. The van der Waals surface area contributed by atoms with Gasteiger partial charge in [0, 0.05) is 17.7 Å². The molecule has 6 heteroatoms. The summed E-state index contributed by atoms with van der Waals surface area (Å²) in [7, 11) is -3.13. The van der Waals surface area contributed by atoms with Crippen LogP contribution in [0.15, 0.2) is 0 Å². The molecule has 0 aliphatic rings. The van der Waals surface area contributed by atoms with Gasteiger partial charge in [-0.1, -0.05) is 6.92 Å². The van der Waals surface area contributed by atoms with Crippen LogP contribution in [0.2, 0.25) is 0 Å². The van der Waals surface area contributed by atoms with E-state index in [-0.39, 0.29) is 11.8 Å². The Labute approximate surface area is 96.0 Å². The molecule has 0 aliphatic carbocycles. The number of hydrogen-bond donors (Lipinski definition) is 1. The average Bonchev–Trinajstić information content (AvgIpc) is 2.14. The summed E-state index contributed by atoms with van der Waals surface area (Å²) in [6.45, 7) is 1.98. The molecule has 0 spiro atoms. The first-order valence-corrected chi connectivity index (χ1v) is 8.18. The number of hydrogen-bond acceptors (Lipinski definition) is 3. The Kier molecular flexibility index (Phi) is 8.10. The summed E-state index contributed by atoms with van der Waals surface area (Å²) in [5.41, 5.74) is 0. The maximum Gasteiger partial charge on any atom is 0.211 e. The monoisotopic (exact) mass is 259 g/mol. The summed E-state index contributed by atoms with van der Waals surface area (Å²) in [5, 5.41) is 0. The summed E-state index contributed by atoms with van der Waals surface area (Å²) in [6.07, 6.45) is 3.29. The largest absolute Gasteiger partial charge is 0.212 e. The van der Waals surface area contributed by atoms with Crippen LogP contribution in [0.4, 0.5) is 0 Å². The van der Waals surface area contributed by atoms with Crippen molar-refractivity contribution in [3.63, 3.8) is 0 Å². The Hall–Kier alpha value is 0.550. The molecule has 0 amide bonds. The lowest BCUT2D eigenvalue weighted by molar-refractivity contribution is 0.557. The van der Waals surface area contributed by atoms with Crippen LogP contribution in [-0.2, 0) is 10.0 Å². The quantitative estimate of drug-likeness (QED) is 0.675. The van der Waals surface area contributed by atoms with Gasteiger partial charge in [-0.15, -0.1) is 11.6 Å². The topological polar surface area (TPSA) is 46.2 Å². The smallest absolute Gasteiger partial charge is 0.211 e. The zero-order chi connectivity index (χ0) is 11.0. The Morgan fingerprint density at radius 1 is 1.50 bits per heavy atom. The molecule has 0 bridgehead atoms. The lowest BCUT2D eigenvalue weighted by Crippen LogP contribution is -2.37. The van der Waals surface area contributed by atoms with Gasteiger partial charge < -0.3 is 0 Å². The predicted molar refractivity (Wildman–Crippen MR) is 64.7 cm³/mol. The van der Waals surface area contributed by atoms with E-state index >= 15 is 0 Å². The summed E-state index contributed by atoms with van der Waals surface area (Å²) >= 11 is 7.09. The molecule has 0 rings (SSSR count). The maximum atomic E-state index is 11.5. The van der Waals surface area contributed by atoms with Crippen LogP contribution in [0.3, 0.4) is 0 Å². The number of nitrogens with one attached hydrogen (secondary N) is 1. The van der Waals surface area contributed by atoms with Gasteiger partial charge in [0.25, 0.3) is 0 Å². The second kappa shape index (κ2) is 7.79. The molecule has 0 saturated carbocycles. The average molecular weight is 260 g/mol. The van der Waals surface area contributed by atoms with Crippen LogP contribution in [-0.4, -0.2) is 38.1 Å².